The van der Waals surface area contributed by atoms with Gasteiger partial charge in [-0.05, 0) is 37.3 Å². The lowest BCUT2D eigenvalue weighted by Gasteiger charge is -2.13. The van der Waals surface area contributed by atoms with Crippen molar-refractivity contribution in [3.63, 3.8) is 0 Å². The molecule has 0 N–H and O–H groups in total. The van der Waals surface area contributed by atoms with Gasteiger partial charge in [-0.3, -0.25) is 4.79 Å². The Morgan fingerprint density at radius 2 is 1.88 bits per heavy atom. The number of ether oxygens (including phenoxy) is 1. The molecule has 25 heavy (non-hydrogen) atoms. The molecule has 0 saturated carbocycles. The van der Waals surface area contributed by atoms with E-state index in [0.717, 1.165) is 15.2 Å². The highest BCUT2D eigenvalue weighted by Crippen LogP contribution is 2.25. The van der Waals surface area contributed by atoms with Gasteiger partial charge in [-0.25, -0.2) is 17.5 Å². The highest BCUT2D eigenvalue weighted by atomic mass is 35.5. The summed E-state index contributed by atoms with van der Waals surface area (Å²) >= 11 is 7.24. The number of esters is 1. The van der Waals surface area contributed by atoms with Crippen molar-refractivity contribution < 1.29 is 22.7 Å². The van der Waals surface area contributed by atoms with Crippen LogP contribution in [-0.4, -0.2) is 45.2 Å². The van der Waals surface area contributed by atoms with E-state index in [4.69, 9.17) is 16.3 Å². The van der Waals surface area contributed by atoms with Crippen molar-refractivity contribution in [3.8, 4) is 0 Å². The molecule has 0 bridgehead atoms. The zero-order chi connectivity index (χ0) is 18.8. The van der Waals surface area contributed by atoms with Crippen LogP contribution in [0.25, 0.3) is 0 Å². The maximum atomic E-state index is 12.2. The average Bonchev–Trinajstić information content (AvgIpc) is 2.99. The van der Waals surface area contributed by atoms with E-state index in [9.17, 15) is 18.0 Å². The second kappa shape index (κ2) is 7.65. The Morgan fingerprint density at radius 1 is 1.20 bits per heavy atom. The number of carbonyl (C=O) groups excluding carboxylic acids is 2. The van der Waals surface area contributed by atoms with Gasteiger partial charge in [-0.15, -0.1) is 11.3 Å². The number of rotatable bonds is 6. The predicted molar refractivity (Wildman–Crippen MR) is 96.0 cm³/mol. The lowest BCUT2D eigenvalue weighted by Crippen LogP contribution is -2.23. The van der Waals surface area contributed by atoms with Crippen LogP contribution in [-0.2, 0) is 14.8 Å². The number of hydrogen-bond donors (Lipinski definition) is 0. The maximum Gasteiger partial charge on any atom is 0.338 e. The van der Waals surface area contributed by atoms with Gasteiger partial charge < -0.3 is 4.74 Å². The summed E-state index contributed by atoms with van der Waals surface area (Å²) in [6, 6.07) is 7.26. The van der Waals surface area contributed by atoms with Gasteiger partial charge in [0.1, 0.15) is 4.90 Å². The number of hydrogen-bond acceptors (Lipinski definition) is 6. The van der Waals surface area contributed by atoms with Crippen LogP contribution in [0.1, 0.15) is 24.9 Å². The van der Waals surface area contributed by atoms with E-state index in [1.165, 1.54) is 37.6 Å². The Bertz CT molecular complexity index is 918. The molecule has 0 atom stereocenters. The van der Waals surface area contributed by atoms with Gasteiger partial charge in [0.15, 0.2) is 6.61 Å². The van der Waals surface area contributed by atoms with Crippen LogP contribution < -0.4 is 0 Å². The van der Waals surface area contributed by atoms with Crippen LogP contribution in [0.2, 0.25) is 5.02 Å². The van der Waals surface area contributed by atoms with Crippen LogP contribution in [0, 0.1) is 6.92 Å². The summed E-state index contributed by atoms with van der Waals surface area (Å²) in [4.78, 5) is 25.4. The van der Waals surface area contributed by atoms with Gasteiger partial charge in [0.05, 0.1) is 15.5 Å². The summed E-state index contributed by atoms with van der Waals surface area (Å²) in [5.74, 6) is -1.12. The molecule has 0 amide bonds. The van der Waals surface area contributed by atoms with Gasteiger partial charge in [-0.2, -0.15) is 0 Å². The van der Waals surface area contributed by atoms with E-state index < -0.39 is 22.6 Å². The number of halogens is 1. The first-order valence-corrected chi connectivity index (χ1v) is 9.75. The Labute approximate surface area is 155 Å². The molecule has 0 unspecified atom stereocenters. The molecule has 0 spiro atoms. The summed E-state index contributed by atoms with van der Waals surface area (Å²) in [7, 11) is -1.09. The van der Waals surface area contributed by atoms with Gasteiger partial charge in [0.25, 0.3) is 0 Å². The number of thiophene rings is 1. The topological polar surface area (TPSA) is 80.8 Å². The fourth-order valence-electron chi connectivity index (χ4n) is 1.89. The Balaban J connectivity index is 2.16. The summed E-state index contributed by atoms with van der Waals surface area (Å²) in [5, 5.41) is -0.00427. The lowest BCUT2D eigenvalue weighted by molar-refractivity contribution is 0.0475. The molecular weight excluding hydrogens is 386 g/mol. The first-order valence-electron chi connectivity index (χ1n) is 7.12. The van der Waals surface area contributed by atoms with Gasteiger partial charge >= 0.3 is 5.97 Å². The molecule has 1 aromatic carbocycles. The fourth-order valence-corrected chi connectivity index (χ4v) is 4.08. The minimum Gasteiger partial charge on any atom is -0.454 e. The number of aryl methyl sites for hydroxylation is 1. The van der Waals surface area contributed by atoms with Crippen LogP contribution in [0.15, 0.2) is 35.2 Å². The largest absolute Gasteiger partial charge is 0.454 e. The van der Waals surface area contributed by atoms with E-state index in [2.05, 4.69) is 0 Å². The standard InChI is InChI=1S/C16H16ClNO5S2/c1-10-4-7-14(24-10)13(19)9-23-16(20)11-5-6-12(17)15(8-11)25(21,22)18(2)3/h4-8H,9H2,1-3H3. The Hall–Kier alpha value is -1.74. The van der Waals surface area contributed by atoms with E-state index in [0.29, 0.717) is 4.88 Å². The van der Waals surface area contributed by atoms with Crippen LogP contribution >= 0.6 is 22.9 Å². The maximum absolute atomic E-state index is 12.2. The smallest absolute Gasteiger partial charge is 0.338 e. The van der Waals surface area contributed by atoms with Crippen molar-refractivity contribution in [2.75, 3.05) is 20.7 Å². The third-order valence-electron chi connectivity index (χ3n) is 3.28. The zero-order valence-corrected chi connectivity index (χ0v) is 16.2. The SMILES string of the molecule is Cc1ccc(C(=O)COC(=O)c2ccc(Cl)c(S(=O)(=O)N(C)C)c2)s1. The fraction of sp³-hybridized carbons (Fsp3) is 0.250. The van der Waals surface area contributed by atoms with Crippen molar-refractivity contribution in [2.24, 2.45) is 0 Å². The normalized spacial score (nSPS) is 11.6. The molecule has 0 fully saturated rings. The molecule has 9 heteroatoms. The third kappa shape index (κ3) is 4.46. The first kappa shape index (κ1) is 19.6. The van der Waals surface area contributed by atoms with Crippen molar-refractivity contribution >= 4 is 44.7 Å². The van der Waals surface area contributed by atoms with Crippen LogP contribution in [0.5, 0.6) is 0 Å². The van der Waals surface area contributed by atoms with Crippen LogP contribution in [0.3, 0.4) is 0 Å². The van der Waals surface area contributed by atoms with E-state index in [1.54, 1.807) is 12.1 Å². The predicted octanol–water partition coefficient (Wildman–Crippen LogP) is 3.00. The van der Waals surface area contributed by atoms with E-state index in [-0.39, 0.29) is 21.3 Å². The Kier molecular flexibility index (Phi) is 5.99. The summed E-state index contributed by atoms with van der Waals surface area (Å²) in [6.45, 7) is 1.45. The third-order valence-corrected chi connectivity index (χ3v) is 6.61. The summed E-state index contributed by atoms with van der Waals surface area (Å²) in [5.41, 5.74) is -0.0000138. The molecule has 0 aliphatic rings. The average molecular weight is 402 g/mol. The van der Waals surface area contributed by atoms with Crippen molar-refractivity contribution in [2.45, 2.75) is 11.8 Å². The molecule has 6 nitrogen and oxygen atoms in total. The van der Waals surface area contributed by atoms with Crippen LogP contribution in [0.4, 0.5) is 0 Å². The lowest BCUT2D eigenvalue weighted by atomic mass is 10.2. The zero-order valence-electron chi connectivity index (χ0n) is 13.8. The monoisotopic (exact) mass is 401 g/mol. The number of carbonyl (C=O) groups is 2. The molecule has 1 aromatic heterocycles. The molecule has 0 saturated heterocycles. The minimum absolute atomic E-state index is 0.0000138. The number of sulfonamides is 1. The molecule has 2 rings (SSSR count). The van der Waals surface area contributed by atoms with Crippen molar-refractivity contribution in [3.05, 3.63) is 50.7 Å². The van der Waals surface area contributed by atoms with Crippen molar-refractivity contribution in [1.29, 1.82) is 0 Å². The number of Topliss-reactive ketones (excluding diaryl/α,β-unsaturated/α-hetero) is 1. The highest BCUT2D eigenvalue weighted by molar-refractivity contribution is 7.89. The molecule has 2 aromatic rings. The molecule has 0 aliphatic heterocycles. The van der Waals surface area contributed by atoms with Crippen molar-refractivity contribution in [1.82, 2.24) is 4.31 Å². The molecule has 134 valence electrons. The first-order chi connectivity index (χ1) is 11.6. The minimum atomic E-state index is -3.81. The van der Waals surface area contributed by atoms with Gasteiger partial charge in [-0.1, -0.05) is 11.6 Å². The number of benzene rings is 1. The van der Waals surface area contributed by atoms with Gasteiger partial charge in [0, 0.05) is 19.0 Å². The van der Waals surface area contributed by atoms with E-state index in [1.807, 2.05) is 6.92 Å². The molecule has 0 aliphatic carbocycles. The second-order valence-corrected chi connectivity index (χ2v) is 9.16. The summed E-state index contributed by atoms with van der Waals surface area (Å²) in [6.07, 6.45) is 0. The quantitative estimate of drug-likeness (QED) is 0.549. The summed E-state index contributed by atoms with van der Waals surface area (Å²) < 4.78 is 30.4. The molecule has 0 radical (unpaired) electrons. The Morgan fingerprint density at radius 3 is 2.44 bits per heavy atom. The number of ketones is 1. The molecule has 1 heterocycles. The van der Waals surface area contributed by atoms with Gasteiger partial charge in [0.2, 0.25) is 15.8 Å². The second-order valence-electron chi connectivity index (χ2n) is 5.34. The highest BCUT2D eigenvalue weighted by Gasteiger charge is 2.23. The number of nitrogens with zero attached hydrogens (tertiary/aromatic N) is 1. The van der Waals surface area contributed by atoms with E-state index >= 15 is 0 Å². The molecular formula is C16H16ClNO5S2.